The second kappa shape index (κ2) is 19.8. The van der Waals surface area contributed by atoms with E-state index in [4.69, 9.17) is 0 Å². The number of aliphatic imine (C=N–C) groups is 4. The number of carbonyl (C=O) groups excluding carboxylic acids is 4. The molecule has 0 N–H and O–H groups in total. The normalized spacial score (nSPS) is 10.6. The number of rotatable bonds is 14. The summed E-state index contributed by atoms with van der Waals surface area (Å²) >= 11 is 0. The maximum Gasteiger partial charge on any atom is 0.235 e. The highest BCUT2D eigenvalue weighted by atomic mass is 16.1. The Labute approximate surface area is 161 Å². The number of nitrogens with zero attached hydrogens (tertiary/aromatic N) is 4. The van der Waals surface area contributed by atoms with Gasteiger partial charge in [0.1, 0.15) is 0 Å². The molecule has 8 nitrogen and oxygen atoms in total. The van der Waals surface area contributed by atoms with Gasteiger partial charge < -0.3 is 0 Å². The third-order valence-corrected chi connectivity index (χ3v) is 4.18. The molecule has 0 aliphatic carbocycles. The quantitative estimate of drug-likeness (QED) is 0.261. The Balaban J connectivity index is 0. The van der Waals surface area contributed by atoms with Crippen molar-refractivity contribution in [1.82, 2.24) is 0 Å². The van der Waals surface area contributed by atoms with Crippen LogP contribution in [0.5, 0.6) is 0 Å². The van der Waals surface area contributed by atoms with Crippen LogP contribution >= 0.6 is 0 Å². The number of hydrogen-bond donors (Lipinski definition) is 0. The zero-order chi connectivity index (χ0) is 20.8. The van der Waals surface area contributed by atoms with E-state index in [1.54, 1.807) is 6.08 Å². The van der Waals surface area contributed by atoms with E-state index in [0.717, 1.165) is 44.9 Å². The van der Waals surface area contributed by atoms with Crippen LogP contribution in [-0.2, 0) is 19.2 Å². The van der Waals surface area contributed by atoms with Crippen molar-refractivity contribution in [2.75, 3.05) is 19.6 Å². The Morgan fingerprint density at radius 3 is 1.44 bits per heavy atom. The predicted octanol–water partition coefficient (Wildman–Crippen LogP) is 3.46. The van der Waals surface area contributed by atoms with Gasteiger partial charge in [-0.25, -0.2) is 34.2 Å². The van der Waals surface area contributed by atoms with E-state index in [1.165, 1.54) is 18.2 Å². The third kappa shape index (κ3) is 19.7. The van der Waals surface area contributed by atoms with Gasteiger partial charge in [0.25, 0.3) is 0 Å². The average Bonchev–Trinajstić information content (AvgIpc) is 2.64. The van der Waals surface area contributed by atoms with Gasteiger partial charge in [-0.15, -0.1) is 0 Å². The molecule has 0 aromatic rings. The van der Waals surface area contributed by atoms with Gasteiger partial charge in [-0.05, 0) is 45.4 Å². The van der Waals surface area contributed by atoms with Gasteiger partial charge in [0.2, 0.25) is 24.3 Å². The molecule has 0 aliphatic heterocycles. The fourth-order valence-corrected chi connectivity index (χ4v) is 2.09. The molecule has 0 fully saturated rings. The summed E-state index contributed by atoms with van der Waals surface area (Å²) in [6, 6.07) is 0. The first kappa shape index (κ1) is 26.7. The van der Waals surface area contributed by atoms with Crippen molar-refractivity contribution in [2.45, 2.75) is 71.3 Å². The van der Waals surface area contributed by atoms with E-state index in [1.807, 2.05) is 13.8 Å². The van der Waals surface area contributed by atoms with Crippen LogP contribution < -0.4 is 0 Å². The molecule has 8 heteroatoms. The van der Waals surface area contributed by atoms with E-state index >= 15 is 0 Å². The molecule has 0 saturated heterocycles. The highest BCUT2D eigenvalue weighted by molar-refractivity contribution is 5.34. The second-order valence-electron chi connectivity index (χ2n) is 6.59. The van der Waals surface area contributed by atoms with Crippen molar-refractivity contribution >= 4 is 24.3 Å². The topological polar surface area (TPSA) is 118 Å². The summed E-state index contributed by atoms with van der Waals surface area (Å²) in [5.74, 6) is 0.319. The molecule has 0 radical (unpaired) electrons. The lowest BCUT2D eigenvalue weighted by atomic mass is 9.86. The van der Waals surface area contributed by atoms with E-state index in [9.17, 15) is 19.2 Å². The lowest BCUT2D eigenvalue weighted by molar-refractivity contribution is 0.320. The van der Waals surface area contributed by atoms with E-state index in [2.05, 4.69) is 26.9 Å². The van der Waals surface area contributed by atoms with Crippen LogP contribution in [-0.4, -0.2) is 49.5 Å². The molecule has 0 aromatic heterocycles. The Hall–Kier alpha value is -2.48. The van der Waals surface area contributed by atoms with Crippen LogP contribution in [0.25, 0.3) is 0 Å². The molecule has 0 spiro atoms. The zero-order valence-corrected chi connectivity index (χ0v) is 16.6. The Kier molecular flexibility index (Phi) is 19.7. The monoisotopic (exact) mass is 378 g/mol. The highest BCUT2D eigenvalue weighted by Gasteiger charge is 2.24. The lowest BCUT2D eigenvalue weighted by Gasteiger charge is -2.25. The number of isocyanates is 4. The Morgan fingerprint density at radius 1 is 0.667 bits per heavy atom. The summed E-state index contributed by atoms with van der Waals surface area (Å²) in [5.41, 5.74) is -0.352. The molecular formula is C19H30N4O4. The molecular weight excluding hydrogens is 348 g/mol. The van der Waals surface area contributed by atoms with Crippen molar-refractivity contribution < 1.29 is 19.2 Å². The molecule has 0 rings (SSSR count). The van der Waals surface area contributed by atoms with Crippen molar-refractivity contribution in [3.8, 4) is 0 Å². The first-order chi connectivity index (χ1) is 13.0. The van der Waals surface area contributed by atoms with Gasteiger partial charge >= 0.3 is 0 Å². The van der Waals surface area contributed by atoms with Crippen molar-refractivity contribution in [3.05, 3.63) is 0 Å². The minimum atomic E-state index is -0.352. The summed E-state index contributed by atoms with van der Waals surface area (Å²) < 4.78 is 0. The highest BCUT2D eigenvalue weighted by Crippen LogP contribution is 2.25. The van der Waals surface area contributed by atoms with Crippen LogP contribution in [0.15, 0.2) is 20.0 Å². The summed E-state index contributed by atoms with van der Waals surface area (Å²) in [4.78, 5) is 53.3. The van der Waals surface area contributed by atoms with Gasteiger partial charge in [-0.3, -0.25) is 0 Å². The minimum absolute atomic E-state index is 0.319. The van der Waals surface area contributed by atoms with Crippen LogP contribution in [0.1, 0.15) is 65.7 Å². The maximum atomic E-state index is 10.2. The largest absolute Gasteiger partial charge is 0.235 e. The molecule has 0 amide bonds. The molecule has 0 aromatic carbocycles. The van der Waals surface area contributed by atoms with Gasteiger partial charge in [0.05, 0.1) is 25.2 Å². The zero-order valence-electron chi connectivity index (χ0n) is 16.6. The average molecular weight is 378 g/mol. The molecule has 0 bridgehead atoms. The third-order valence-electron chi connectivity index (χ3n) is 4.18. The van der Waals surface area contributed by atoms with Crippen LogP contribution in [0.2, 0.25) is 0 Å². The van der Waals surface area contributed by atoms with Crippen molar-refractivity contribution in [1.29, 1.82) is 0 Å². The summed E-state index contributed by atoms with van der Waals surface area (Å²) in [6.45, 7) is 7.55. The Morgan fingerprint density at radius 2 is 1.07 bits per heavy atom. The number of hydrogen-bond acceptors (Lipinski definition) is 8. The molecule has 0 aliphatic rings. The number of unbranched alkanes of at least 4 members (excludes halogenated alkanes) is 4. The smallest absolute Gasteiger partial charge is 0.211 e. The van der Waals surface area contributed by atoms with E-state index in [0.29, 0.717) is 25.6 Å². The van der Waals surface area contributed by atoms with Crippen LogP contribution in [0, 0.1) is 5.92 Å². The lowest BCUT2D eigenvalue weighted by Crippen LogP contribution is -2.26. The fraction of sp³-hybridized carbons (Fsp3) is 0.789. The van der Waals surface area contributed by atoms with Crippen LogP contribution in [0.3, 0.4) is 0 Å². The van der Waals surface area contributed by atoms with Gasteiger partial charge in [-0.2, -0.15) is 4.99 Å². The fourth-order valence-electron chi connectivity index (χ4n) is 2.09. The minimum Gasteiger partial charge on any atom is -0.211 e. The van der Waals surface area contributed by atoms with E-state index < -0.39 is 0 Å². The summed E-state index contributed by atoms with van der Waals surface area (Å²) in [6.07, 6.45) is 12.7. The van der Waals surface area contributed by atoms with Gasteiger partial charge in [-0.1, -0.05) is 26.2 Å². The molecule has 150 valence electrons. The second-order valence-corrected chi connectivity index (χ2v) is 6.59. The molecule has 1 unspecified atom stereocenters. The molecule has 27 heavy (non-hydrogen) atoms. The summed E-state index contributed by atoms with van der Waals surface area (Å²) in [5, 5.41) is 0. The molecule has 0 heterocycles. The molecule has 0 saturated carbocycles. The SMILES string of the molecule is CC(CCCCN=C=O)C(C)(C)N=C=O.O=C=NCCCCCCN=C=O. The first-order valence-electron chi connectivity index (χ1n) is 9.16. The first-order valence-corrected chi connectivity index (χ1v) is 9.16. The molecule has 1 atom stereocenters. The van der Waals surface area contributed by atoms with Crippen LogP contribution in [0.4, 0.5) is 0 Å². The van der Waals surface area contributed by atoms with Gasteiger partial charge in [0.15, 0.2) is 0 Å². The summed E-state index contributed by atoms with van der Waals surface area (Å²) in [7, 11) is 0. The van der Waals surface area contributed by atoms with Gasteiger partial charge in [0, 0.05) is 0 Å². The standard InChI is InChI=1S/C11H18N2O2.C8H12N2O2/c1-10(11(2,3)13-9-15)6-4-5-7-12-8-14;11-7-9-5-3-1-2-4-6-10-8-12/h10H,4-7H2,1-3H3;1-6H2. The predicted molar refractivity (Wildman–Crippen MR) is 103 cm³/mol. The van der Waals surface area contributed by atoms with E-state index in [-0.39, 0.29) is 5.54 Å². The van der Waals surface area contributed by atoms with Crippen molar-refractivity contribution in [3.63, 3.8) is 0 Å². The maximum absolute atomic E-state index is 10.2. The Bertz CT molecular complexity index is 544. The van der Waals surface area contributed by atoms with Crippen molar-refractivity contribution in [2.24, 2.45) is 25.9 Å².